The van der Waals surface area contributed by atoms with Crippen molar-refractivity contribution < 1.29 is 9.90 Å². The van der Waals surface area contributed by atoms with Gasteiger partial charge in [-0.05, 0) is 12.8 Å². The van der Waals surface area contributed by atoms with E-state index < -0.39 is 0 Å². The lowest BCUT2D eigenvalue weighted by Crippen LogP contribution is -2.55. The zero-order valence-corrected chi connectivity index (χ0v) is 7.00. The number of aliphatic hydroxyl groups is 1. The van der Waals surface area contributed by atoms with Crippen LogP contribution < -0.4 is 0 Å². The molecule has 0 bridgehead atoms. The third-order valence-electron chi connectivity index (χ3n) is 3.43. The summed E-state index contributed by atoms with van der Waals surface area (Å²) >= 11 is 0. The van der Waals surface area contributed by atoms with E-state index >= 15 is 0 Å². The molecule has 2 saturated carbocycles. The molecule has 62 valence electrons. The number of rotatable bonds is 0. The third-order valence-corrected chi connectivity index (χ3v) is 3.43. The lowest BCUT2D eigenvalue weighted by atomic mass is 9.55. The van der Waals surface area contributed by atoms with Crippen molar-refractivity contribution in [3.63, 3.8) is 0 Å². The number of ketones is 1. The van der Waals surface area contributed by atoms with E-state index in [9.17, 15) is 9.90 Å². The number of fused-ring (bicyclic) bond motifs is 1. The first-order valence-corrected chi connectivity index (χ1v) is 4.27. The molecule has 2 fully saturated rings. The highest BCUT2D eigenvalue weighted by atomic mass is 16.3. The second-order valence-electron chi connectivity index (χ2n) is 4.36. The van der Waals surface area contributed by atoms with Gasteiger partial charge >= 0.3 is 0 Å². The highest BCUT2D eigenvalue weighted by Crippen LogP contribution is 2.55. The Morgan fingerprint density at radius 1 is 1.45 bits per heavy atom. The normalized spacial score (nSPS) is 46.8. The molecule has 0 heterocycles. The van der Waals surface area contributed by atoms with Crippen molar-refractivity contribution in [3.05, 3.63) is 0 Å². The van der Waals surface area contributed by atoms with E-state index in [1.807, 2.05) is 13.8 Å². The predicted molar refractivity (Wildman–Crippen MR) is 41.0 cm³/mol. The van der Waals surface area contributed by atoms with Gasteiger partial charge in [0.1, 0.15) is 5.78 Å². The number of carbonyl (C=O) groups excluding carboxylic acids is 1. The van der Waals surface area contributed by atoms with Crippen molar-refractivity contribution in [2.75, 3.05) is 0 Å². The third kappa shape index (κ3) is 0.684. The molecule has 2 nitrogen and oxygen atoms in total. The molecule has 0 aromatic heterocycles. The largest absolute Gasteiger partial charge is 0.393 e. The molecule has 3 unspecified atom stereocenters. The summed E-state index contributed by atoms with van der Waals surface area (Å²) in [6.07, 6.45) is 1.52. The Balaban J connectivity index is 2.25. The Hall–Kier alpha value is -0.370. The molecule has 2 aliphatic carbocycles. The fourth-order valence-corrected chi connectivity index (χ4v) is 2.80. The Bertz CT molecular complexity index is 208. The Labute approximate surface area is 66.6 Å². The van der Waals surface area contributed by atoms with Gasteiger partial charge in [0.15, 0.2) is 0 Å². The number of carbonyl (C=O) groups is 1. The van der Waals surface area contributed by atoms with Crippen LogP contribution in [0.2, 0.25) is 0 Å². The highest BCUT2D eigenvalue weighted by Gasteiger charge is 2.60. The van der Waals surface area contributed by atoms with E-state index in [1.165, 1.54) is 0 Å². The molecule has 0 saturated heterocycles. The first-order valence-electron chi connectivity index (χ1n) is 4.27. The van der Waals surface area contributed by atoms with Crippen LogP contribution in [0.4, 0.5) is 0 Å². The fourth-order valence-electron chi connectivity index (χ4n) is 2.80. The lowest BCUT2D eigenvalue weighted by molar-refractivity contribution is -0.156. The van der Waals surface area contributed by atoms with Crippen molar-refractivity contribution in [2.24, 2.45) is 17.3 Å². The molecule has 0 spiro atoms. The van der Waals surface area contributed by atoms with E-state index in [1.54, 1.807) is 0 Å². The minimum Gasteiger partial charge on any atom is -0.393 e. The molecule has 11 heavy (non-hydrogen) atoms. The van der Waals surface area contributed by atoms with Crippen molar-refractivity contribution in [1.82, 2.24) is 0 Å². The number of Topliss-reactive ketones (excluding diaryl/α,β-unsaturated/α-hetero) is 1. The molecule has 1 N–H and O–H groups in total. The van der Waals surface area contributed by atoms with Gasteiger partial charge in [0, 0.05) is 17.3 Å². The summed E-state index contributed by atoms with van der Waals surface area (Å²) in [5.41, 5.74) is -0.236. The van der Waals surface area contributed by atoms with Gasteiger partial charge in [-0.3, -0.25) is 4.79 Å². The molecule has 0 amide bonds. The Kier molecular flexibility index (Phi) is 1.23. The first kappa shape index (κ1) is 7.29. The molecule has 0 aromatic carbocycles. The average molecular weight is 154 g/mol. The zero-order chi connectivity index (χ0) is 8.22. The fraction of sp³-hybridized carbons (Fsp3) is 0.889. The van der Waals surface area contributed by atoms with Gasteiger partial charge in [0.2, 0.25) is 0 Å². The molecule has 2 heteroatoms. The van der Waals surface area contributed by atoms with Crippen molar-refractivity contribution >= 4 is 5.78 Å². The second-order valence-corrected chi connectivity index (χ2v) is 4.36. The predicted octanol–water partition coefficient (Wildman–Crippen LogP) is 0.982. The van der Waals surface area contributed by atoms with Gasteiger partial charge in [-0.15, -0.1) is 0 Å². The van der Waals surface area contributed by atoms with Crippen LogP contribution in [-0.2, 0) is 4.79 Å². The van der Waals surface area contributed by atoms with Gasteiger partial charge < -0.3 is 5.11 Å². The van der Waals surface area contributed by atoms with Crippen LogP contribution in [-0.4, -0.2) is 17.0 Å². The maximum absolute atomic E-state index is 11.4. The summed E-state index contributed by atoms with van der Waals surface area (Å²) in [4.78, 5) is 11.4. The minimum absolute atomic E-state index is 0.194. The highest BCUT2D eigenvalue weighted by molar-refractivity contribution is 5.93. The van der Waals surface area contributed by atoms with Crippen LogP contribution in [0.25, 0.3) is 0 Å². The van der Waals surface area contributed by atoms with E-state index in [0.29, 0.717) is 5.78 Å². The number of aliphatic hydroxyl groups excluding tert-OH is 1. The quantitative estimate of drug-likeness (QED) is 0.564. The summed E-state index contributed by atoms with van der Waals surface area (Å²) in [5.74, 6) is 0.814. The van der Waals surface area contributed by atoms with Gasteiger partial charge in [-0.25, -0.2) is 0 Å². The van der Waals surface area contributed by atoms with Crippen LogP contribution in [0, 0.1) is 17.3 Å². The Morgan fingerprint density at radius 2 is 2.09 bits per heavy atom. The molecular weight excluding hydrogens is 140 g/mol. The van der Waals surface area contributed by atoms with Crippen molar-refractivity contribution in [1.29, 1.82) is 0 Å². The van der Waals surface area contributed by atoms with E-state index in [-0.39, 0.29) is 23.4 Å². The van der Waals surface area contributed by atoms with Gasteiger partial charge in [0.25, 0.3) is 0 Å². The molecule has 2 rings (SSSR count). The average Bonchev–Trinajstić information content (AvgIpc) is 2.29. The van der Waals surface area contributed by atoms with E-state index in [2.05, 4.69) is 0 Å². The van der Waals surface area contributed by atoms with Crippen molar-refractivity contribution in [2.45, 2.75) is 32.8 Å². The topological polar surface area (TPSA) is 37.3 Å². The van der Waals surface area contributed by atoms with Crippen LogP contribution in [0.5, 0.6) is 0 Å². The molecule has 0 aromatic rings. The molecule has 2 aliphatic rings. The SMILES string of the molecule is CC1(C)C(=O)C2CCC(O)C21. The summed E-state index contributed by atoms with van der Waals surface area (Å²) < 4.78 is 0. The van der Waals surface area contributed by atoms with Gasteiger partial charge in [0.05, 0.1) is 6.10 Å². The lowest BCUT2D eigenvalue weighted by Gasteiger charge is -2.47. The van der Waals surface area contributed by atoms with Crippen molar-refractivity contribution in [3.8, 4) is 0 Å². The number of hydrogen-bond acceptors (Lipinski definition) is 2. The monoisotopic (exact) mass is 154 g/mol. The maximum Gasteiger partial charge on any atom is 0.142 e. The van der Waals surface area contributed by atoms with Gasteiger partial charge in [-0.2, -0.15) is 0 Å². The standard InChI is InChI=1S/C9H14O2/c1-9(2)7-5(8(9)11)3-4-6(7)10/h5-7,10H,3-4H2,1-2H3. The summed E-state index contributed by atoms with van der Waals surface area (Å²) in [6, 6.07) is 0. The zero-order valence-electron chi connectivity index (χ0n) is 7.00. The maximum atomic E-state index is 11.4. The first-order chi connectivity index (χ1) is 5.05. The molecule has 0 aliphatic heterocycles. The van der Waals surface area contributed by atoms with E-state index in [4.69, 9.17) is 0 Å². The van der Waals surface area contributed by atoms with Crippen LogP contribution in [0.1, 0.15) is 26.7 Å². The van der Waals surface area contributed by atoms with Gasteiger partial charge in [-0.1, -0.05) is 13.8 Å². The summed E-state index contributed by atoms with van der Waals surface area (Å²) in [6.45, 7) is 3.90. The minimum atomic E-state index is -0.236. The van der Waals surface area contributed by atoms with Crippen LogP contribution in [0.15, 0.2) is 0 Å². The van der Waals surface area contributed by atoms with Crippen LogP contribution >= 0.6 is 0 Å². The second kappa shape index (κ2) is 1.86. The van der Waals surface area contributed by atoms with E-state index in [0.717, 1.165) is 12.8 Å². The Morgan fingerprint density at radius 3 is 2.64 bits per heavy atom. The van der Waals surface area contributed by atoms with Crippen LogP contribution in [0.3, 0.4) is 0 Å². The smallest absolute Gasteiger partial charge is 0.142 e. The summed E-state index contributed by atoms with van der Waals surface area (Å²) in [7, 11) is 0. The number of hydrogen-bond donors (Lipinski definition) is 1. The molecule has 3 atom stereocenters. The molecule has 0 radical (unpaired) electrons. The summed E-state index contributed by atoms with van der Waals surface area (Å²) in [5, 5.41) is 9.52. The molecular formula is C9H14O2.